The van der Waals surface area contributed by atoms with Gasteiger partial charge >= 0.3 is 0 Å². The molecule has 3 heteroatoms. The monoisotopic (exact) mass is 335 g/mol. The lowest BCUT2D eigenvalue weighted by Crippen LogP contribution is -2.03. The molecule has 3 aromatic carbocycles. The first-order valence-corrected chi connectivity index (χ1v) is 9.00. The molecule has 1 aliphatic heterocycles. The van der Waals surface area contributed by atoms with Crippen LogP contribution in [-0.2, 0) is 6.42 Å². The van der Waals surface area contributed by atoms with Crippen LogP contribution in [0.3, 0.4) is 0 Å². The summed E-state index contributed by atoms with van der Waals surface area (Å²) in [4.78, 5) is 10.0. The van der Waals surface area contributed by atoms with Gasteiger partial charge in [-0.05, 0) is 48.7 Å². The number of fused-ring (bicyclic) bond motifs is 4. The first-order chi connectivity index (χ1) is 12.7. The molecular formula is C23H17N3. The van der Waals surface area contributed by atoms with E-state index in [0.717, 1.165) is 34.3 Å². The van der Waals surface area contributed by atoms with Gasteiger partial charge in [0.2, 0.25) is 0 Å². The zero-order valence-corrected chi connectivity index (χ0v) is 14.7. The third kappa shape index (κ3) is 1.67. The second kappa shape index (κ2) is 4.70. The fourth-order valence-electron chi connectivity index (χ4n) is 4.47. The highest BCUT2D eigenvalue weighted by molar-refractivity contribution is 6.02. The van der Waals surface area contributed by atoms with E-state index in [0.29, 0.717) is 0 Å². The number of aryl methyl sites for hydroxylation is 2. The van der Waals surface area contributed by atoms with Crippen LogP contribution in [0, 0.1) is 13.8 Å². The summed E-state index contributed by atoms with van der Waals surface area (Å²) in [6.45, 7) is 4.38. The van der Waals surface area contributed by atoms with Crippen molar-refractivity contribution in [1.29, 1.82) is 0 Å². The smallest absolute Gasteiger partial charge is 0.148 e. The van der Waals surface area contributed by atoms with E-state index in [2.05, 4.69) is 66.8 Å². The molecule has 0 N–H and O–H groups in total. The van der Waals surface area contributed by atoms with E-state index in [4.69, 9.17) is 9.97 Å². The predicted octanol–water partition coefficient (Wildman–Crippen LogP) is 5.22. The van der Waals surface area contributed by atoms with Crippen LogP contribution < -0.4 is 0 Å². The zero-order valence-electron chi connectivity index (χ0n) is 14.7. The van der Waals surface area contributed by atoms with Crippen LogP contribution in [0.5, 0.6) is 0 Å². The Morgan fingerprint density at radius 3 is 2.62 bits per heavy atom. The van der Waals surface area contributed by atoms with Crippen LogP contribution in [0.1, 0.15) is 22.5 Å². The van der Waals surface area contributed by atoms with Gasteiger partial charge in [0, 0.05) is 17.4 Å². The van der Waals surface area contributed by atoms with Crippen LogP contribution in [-0.4, -0.2) is 14.4 Å². The highest BCUT2D eigenvalue weighted by Crippen LogP contribution is 2.39. The maximum absolute atomic E-state index is 5.03. The van der Waals surface area contributed by atoms with E-state index in [1.165, 1.54) is 33.3 Å². The SMILES string of the molecule is Cc1cc(C)c2c(c1)-c1cccc3nc4c5ccccc5nc(n4c13)C2. The van der Waals surface area contributed by atoms with Gasteiger partial charge in [-0.15, -0.1) is 0 Å². The molecule has 6 rings (SSSR count). The lowest BCUT2D eigenvalue weighted by molar-refractivity contribution is 0.960. The summed E-state index contributed by atoms with van der Waals surface area (Å²) in [5.41, 5.74) is 10.8. The second-order valence-electron chi connectivity index (χ2n) is 7.27. The number of benzene rings is 3. The molecular weight excluding hydrogens is 318 g/mol. The highest BCUT2D eigenvalue weighted by Gasteiger charge is 2.23. The minimum absolute atomic E-state index is 0.822. The van der Waals surface area contributed by atoms with E-state index in [1.54, 1.807) is 0 Å². The molecule has 1 aliphatic rings. The molecule has 0 fully saturated rings. The topological polar surface area (TPSA) is 30.2 Å². The van der Waals surface area contributed by atoms with Crippen LogP contribution in [0.4, 0.5) is 0 Å². The molecule has 0 unspecified atom stereocenters. The van der Waals surface area contributed by atoms with Gasteiger partial charge in [0.25, 0.3) is 0 Å². The maximum Gasteiger partial charge on any atom is 0.148 e. The molecule has 0 atom stereocenters. The first-order valence-electron chi connectivity index (χ1n) is 9.00. The summed E-state index contributed by atoms with van der Waals surface area (Å²) in [6.07, 6.45) is 0.822. The number of imidazole rings is 1. The minimum atomic E-state index is 0.822. The molecule has 2 aromatic heterocycles. The Morgan fingerprint density at radius 2 is 1.69 bits per heavy atom. The van der Waals surface area contributed by atoms with Crippen molar-refractivity contribution in [2.24, 2.45) is 0 Å². The molecule has 124 valence electrons. The number of hydrogen-bond acceptors (Lipinski definition) is 2. The van der Waals surface area contributed by atoms with Crippen molar-refractivity contribution in [3.63, 3.8) is 0 Å². The van der Waals surface area contributed by atoms with Crippen LogP contribution >= 0.6 is 0 Å². The Bertz CT molecular complexity index is 1380. The average molecular weight is 335 g/mol. The quantitative estimate of drug-likeness (QED) is 0.381. The maximum atomic E-state index is 5.03. The number of nitrogens with zero attached hydrogens (tertiary/aromatic N) is 3. The summed E-state index contributed by atoms with van der Waals surface area (Å²) in [5, 5.41) is 1.11. The van der Waals surface area contributed by atoms with Crippen molar-refractivity contribution in [3.8, 4) is 11.1 Å². The van der Waals surface area contributed by atoms with Crippen molar-refractivity contribution >= 4 is 27.6 Å². The van der Waals surface area contributed by atoms with Crippen molar-refractivity contribution < 1.29 is 0 Å². The molecule has 0 amide bonds. The summed E-state index contributed by atoms with van der Waals surface area (Å²) in [7, 11) is 0. The minimum Gasteiger partial charge on any atom is -0.279 e. The van der Waals surface area contributed by atoms with Gasteiger partial charge in [-0.2, -0.15) is 0 Å². The molecule has 5 aromatic rings. The number of aromatic nitrogens is 3. The van der Waals surface area contributed by atoms with Gasteiger partial charge < -0.3 is 0 Å². The zero-order chi connectivity index (χ0) is 17.4. The third-order valence-corrected chi connectivity index (χ3v) is 5.57. The number of para-hydroxylation sites is 2. The van der Waals surface area contributed by atoms with Crippen LogP contribution in [0.25, 0.3) is 38.7 Å². The van der Waals surface area contributed by atoms with Gasteiger partial charge in [-0.3, -0.25) is 4.40 Å². The number of rotatable bonds is 0. The fourth-order valence-corrected chi connectivity index (χ4v) is 4.47. The van der Waals surface area contributed by atoms with Gasteiger partial charge in [0.15, 0.2) is 0 Å². The Hall–Kier alpha value is -3.20. The lowest BCUT2D eigenvalue weighted by Gasteiger charge is -2.12. The van der Waals surface area contributed by atoms with Crippen molar-refractivity contribution in [3.05, 3.63) is 77.1 Å². The Labute approximate surface area is 150 Å². The molecule has 3 nitrogen and oxygen atoms in total. The second-order valence-corrected chi connectivity index (χ2v) is 7.27. The summed E-state index contributed by atoms with van der Waals surface area (Å²) in [5.74, 6) is 1.07. The largest absolute Gasteiger partial charge is 0.279 e. The van der Waals surface area contributed by atoms with Crippen LogP contribution in [0.2, 0.25) is 0 Å². The van der Waals surface area contributed by atoms with E-state index in [1.807, 2.05) is 6.07 Å². The van der Waals surface area contributed by atoms with Crippen molar-refractivity contribution in [2.75, 3.05) is 0 Å². The van der Waals surface area contributed by atoms with E-state index >= 15 is 0 Å². The highest BCUT2D eigenvalue weighted by atomic mass is 15.1. The molecule has 0 saturated heterocycles. The van der Waals surface area contributed by atoms with Crippen molar-refractivity contribution in [1.82, 2.24) is 14.4 Å². The standard InChI is InChI=1S/C23H17N3/c1-13-10-14(2)17-12-21-24-19-8-4-3-6-16(19)23-25-20-9-5-7-15(18(17)11-13)22(20)26(21)23/h3-11H,12H2,1-2H3. The fraction of sp³-hybridized carbons (Fsp3) is 0.130. The molecule has 0 spiro atoms. The molecule has 0 radical (unpaired) electrons. The lowest BCUT2D eigenvalue weighted by atomic mass is 9.92. The predicted molar refractivity (Wildman–Crippen MR) is 106 cm³/mol. The van der Waals surface area contributed by atoms with E-state index in [9.17, 15) is 0 Å². The molecule has 0 bridgehead atoms. The summed E-state index contributed by atoms with van der Waals surface area (Å²) < 4.78 is 2.28. The molecule has 0 saturated carbocycles. The number of hydrogen-bond donors (Lipinski definition) is 0. The molecule has 3 heterocycles. The Morgan fingerprint density at radius 1 is 0.846 bits per heavy atom. The summed E-state index contributed by atoms with van der Waals surface area (Å²) in [6, 6.07) is 19.3. The van der Waals surface area contributed by atoms with Gasteiger partial charge in [0.1, 0.15) is 11.5 Å². The first kappa shape index (κ1) is 14.0. The van der Waals surface area contributed by atoms with Gasteiger partial charge in [0.05, 0.1) is 16.6 Å². The normalized spacial score (nSPS) is 12.8. The van der Waals surface area contributed by atoms with Gasteiger partial charge in [-0.25, -0.2) is 9.97 Å². The van der Waals surface area contributed by atoms with E-state index in [-0.39, 0.29) is 0 Å². The average Bonchev–Trinajstić information content (AvgIpc) is 2.97. The molecule has 0 aliphatic carbocycles. The van der Waals surface area contributed by atoms with Crippen molar-refractivity contribution in [2.45, 2.75) is 20.3 Å². The Kier molecular flexibility index (Phi) is 2.53. The van der Waals surface area contributed by atoms with Crippen LogP contribution in [0.15, 0.2) is 54.6 Å². The third-order valence-electron chi connectivity index (χ3n) is 5.57. The van der Waals surface area contributed by atoms with E-state index < -0.39 is 0 Å². The van der Waals surface area contributed by atoms with Gasteiger partial charge in [-0.1, -0.05) is 42.0 Å². The molecule has 26 heavy (non-hydrogen) atoms. The Balaban J connectivity index is 1.91. The summed E-state index contributed by atoms with van der Waals surface area (Å²) >= 11 is 0.